The smallest absolute Gasteiger partial charge is 0.452 e. The minimum absolute atomic E-state index is 0.0371. The molecule has 1 aliphatic rings. The maximum Gasteiger partial charge on any atom is 0.488 e. The molecule has 1 fully saturated rings. The van der Waals surface area contributed by atoms with Crippen LogP contribution < -0.4 is 25.5 Å². The lowest BCUT2D eigenvalue weighted by Gasteiger charge is -2.26. The molecular formula is C40H59BFN6O9S. The van der Waals surface area contributed by atoms with Gasteiger partial charge in [-0.3, -0.25) is 28.9 Å². The molecule has 0 aromatic heterocycles. The molecule has 0 saturated carbocycles. The largest absolute Gasteiger partial charge is 0.488 e. The van der Waals surface area contributed by atoms with E-state index in [1.165, 1.54) is 23.1 Å². The standard InChI is InChI=1S/C40H59BFN6O9S/c1-4-6-9-23-47(22-5-2)28-37(50)43-21-8-7-17-34(46-36(49)20-19-30-13-11-16-33(26-30)57-58(42,55)56)39(52)44-27-31-14-10-15-32(25-31)38(51)45-29(3)40(53)48-24-12-18-35(48)41-54/h10-11,13-16,25-26,29,34-35,54H,4-9,12,17-24,27-28H2,1-3H3,(H,43,50)(H,44,52)(H,45,51)(H,46,49). The number of carbonyl (C=O) groups excluding carboxylic acids is 5. The lowest BCUT2D eigenvalue weighted by molar-refractivity contribution is -0.132. The fraction of sp³-hybridized carbons (Fsp3) is 0.575. The van der Waals surface area contributed by atoms with E-state index in [1.807, 2.05) is 0 Å². The van der Waals surface area contributed by atoms with Crippen molar-refractivity contribution in [1.82, 2.24) is 31.1 Å². The number of carbonyl (C=O) groups is 5. The second kappa shape index (κ2) is 25.1. The number of aryl methyl sites for hydroxylation is 1. The van der Waals surface area contributed by atoms with Crippen LogP contribution in [0, 0.1) is 0 Å². The highest BCUT2D eigenvalue weighted by molar-refractivity contribution is 7.81. The van der Waals surface area contributed by atoms with Gasteiger partial charge in [-0.1, -0.05) is 54.8 Å². The highest BCUT2D eigenvalue weighted by atomic mass is 32.3. The molecule has 3 unspecified atom stereocenters. The Hall–Kier alpha value is -4.55. The van der Waals surface area contributed by atoms with Crippen molar-refractivity contribution in [3.63, 3.8) is 0 Å². The molecule has 1 saturated heterocycles. The minimum atomic E-state index is -5.22. The van der Waals surface area contributed by atoms with Crippen LogP contribution in [0.1, 0.15) is 106 Å². The van der Waals surface area contributed by atoms with E-state index in [1.54, 1.807) is 37.3 Å². The van der Waals surface area contributed by atoms with Crippen molar-refractivity contribution in [3.8, 4) is 5.75 Å². The van der Waals surface area contributed by atoms with Gasteiger partial charge in [-0.2, -0.15) is 8.42 Å². The summed E-state index contributed by atoms with van der Waals surface area (Å²) in [5, 5.41) is 20.8. The lowest BCUT2D eigenvalue weighted by Crippen LogP contribution is -2.50. The molecule has 3 rings (SSSR count). The Morgan fingerprint density at radius 1 is 0.948 bits per heavy atom. The van der Waals surface area contributed by atoms with Gasteiger partial charge in [0.15, 0.2) is 0 Å². The minimum Gasteiger partial charge on any atom is -0.452 e. The zero-order valence-corrected chi connectivity index (χ0v) is 34.7. The number of benzene rings is 2. The van der Waals surface area contributed by atoms with E-state index in [0.717, 1.165) is 52.7 Å². The normalized spacial score (nSPS) is 15.0. The zero-order valence-electron chi connectivity index (χ0n) is 33.8. The van der Waals surface area contributed by atoms with E-state index in [9.17, 15) is 41.3 Å². The van der Waals surface area contributed by atoms with Crippen molar-refractivity contribution in [3.05, 3.63) is 65.2 Å². The summed E-state index contributed by atoms with van der Waals surface area (Å²) in [6.07, 6.45) is 7.04. The van der Waals surface area contributed by atoms with Crippen LogP contribution in [-0.2, 0) is 42.6 Å². The maximum atomic E-state index is 13.5. The quantitative estimate of drug-likeness (QED) is 0.0533. The van der Waals surface area contributed by atoms with Crippen LogP contribution in [0.2, 0.25) is 0 Å². The van der Waals surface area contributed by atoms with E-state index >= 15 is 0 Å². The van der Waals surface area contributed by atoms with Crippen LogP contribution in [0.3, 0.4) is 0 Å². The molecule has 0 bridgehead atoms. The summed E-state index contributed by atoms with van der Waals surface area (Å²) >= 11 is 0. The van der Waals surface area contributed by atoms with Crippen molar-refractivity contribution in [2.24, 2.45) is 0 Å². The number of halogens is 1. The van der Waals surface area contributed by atoms with Crippen molar-refractivity contribution >= 4 is 47.5 Å². The highest BCUT2D eigenvalue weighted by Crippen LogP contribution is 2.18. The van der Waals surface area contributed by atoms with Gasteiger partial charge in [-0.25, -0.2) is 0 Å². The van der Waals surface area contributed by atoms with Crippen LogP contribution in [-0.4, -0.2) is 111 Å². The summed E-state index contributed by atoms with van der Waals surface area (Å²) in [5.74, 6) is -2.37. The van der Waals surface area contributed by atoms with Gasteiger partial charge >= 0.3 is 18.0 Å². The van der Waals surface area contributed by atoms with Gasteiger partial charge in [0, 0.05) is 37.6 Å². The third-order valence-electron chi connectivity index (χ3n) is 9.74. The van der Waals surface area contributed by atoms with Crippen molar-refractivity contribution in [2.75, 3.05) is 32.7 Å². The molecule has 0 spiro atoms. The number of rotatable bonds is 26. The lowest BCUT2D eigenvalue weighted by atomic mass is 9.86. The number of hydrogen-bond donors (Lipinski definition) is 5. The van der Waals surface area contributed by atoms with Gasteiger partial charge < -0.3 is 35.4 Å². The molecule has 1 aliphatic heterocycles. The molecule has 2 aromatic carbocycles. The molecule has 319 valence electrons. The third kappa shape index (κ3) is 17.5. The second-order valence-electron chi connectivity index (χ2n) is 14.6. The predicted octanol–water partition coefficient (Wildman–Crippen LogP) is 2.88. The van der Waals surface area contributed by atoms with E-state index in [4.69, 9.17) is 0 Å². The molecular weight excluding hydrogens is 770 g/mol. The van der Waals surface area contributed by atoms with Gasteiger partial charge in [0.25, 0.3) is 5.91 Å². The van der Waals surface area contributed by atoms with Crippen LogP contribution in [0.5, 0.6) is 5.75 Å². The molecule has 1 radical (unpaired) electrons. The average molecular weight is 830 g/mol. The molecule has 58 heavy (non-hydrogen) atoms. The first-order valence-electron chi connectivity index (χ1n) is 20.2. The number of nitrogens with zero attached hydrogens (tertiary/aromatic N) is 2. The molecule has 18 heteroatoms. The fourth-order valence-electron chi connectivity index (χ4n) is 6.74. The Labute approximate surface area is 342 Å². The molecule has 15 nitrogen and oxygen atoms in total. The Balaban J connectivity index is 1.59. The van der Waals surface area contributed by atoms with E-state index in [2.05, 4.69) is 44.2 Å². The third-order valence-corrected chi connectivity index (χ3v) is 10.1. The fourth-order valence-corrected chi connectivity index (χ4v) is 7.07. The van der Waals surface area contributed by atoms with E-state index < -0.39 is 40.3 Å². The molecule has 5 amide bonds. The van der Waals surface area contributed by atoms with Gasteiger partial charge in [0.2, 0.25) is 23.6 Å². The van der Waals surface area contributed by atoms with E-state index in [-0.39, 0.29) is 54.9 Å². The first-order valence-corrected chi connectivity index (χ1v) is 21.5. The SMILES string of the molecule is CCCCCN(CCC)CC(=O)NCCCCC(NC(=O)CCc1cccc(OS(=O)(=O)F)c1)C(=O)NCc1cccc(C(=O)NC(C)C(=O)N2CCCC2[B]O)c1. The maximum absolute atomic E-state index is 13.5. The van der Waals surface area contributed by atoms with Crippen LogP contribution in [0.15, 0.2) is 48.5 Å². The van der Waals surface area contributed by atoms with Crippen LogP contribution in [0.25, 0.3) is 0 Å². The highest BCUT2D eigenvalue weighted by Gasteiger charge is 2.32. The topological polar surface area (TPSA) is 204 Å². The summed E-state index contributed by atoms with van der Waals surface area (Å²) < 4.78 is 39.1. The molecule has 5 N–H and O–H groups in total. The first kappa shape index (κ1) is 47.8. The number of unbranched alkanes of at least 4 members (excludes halogenated alkanes) is 3. The van der Waals surface area contributed by atoms with Gasteiger partial charge in [-0.05, 0) is 107 Å². The number of amides is 5. The second-order valence-corrected chi connectivity index (χ2v) is 15.5. The Morgan fingerprint density at radius 2 is 1.71 bits per heavy atom. The van der Waals surface area contributed by atoms with Crippen LogP contribution in [0.4, 0.5) is 3.89 Å². The first-order chi connectivity index (χ1) is 27.7. The Bertz CT molecular complexity index is 1770. The Morgan fingerprint density at radius 3 is 2.43 bits per heavy atom. The van der Waals surface area contributed by atoms with Crippen molar-refractivity contribution < 1.29 is 45.5 Å². The summed E-state index contributed by atoms with van der Waals surface area (Å²) in [6, 6.07) is 10.5. The summed E-state index contributed by atoms with van der Waals surface area (Å²) in [4.78, 5) is 69.0. The number of likely N-dealkylation sites (tertiary alicyclic amines) is 1. The van der Waals surface area contributed by atoms with Gasteiger partial charge in [0.1, 0.15) is 17.8 Å². The van der Waals surface area contributed by atoms with Crippen molar-refractivity contribution in [2.45, 2.75) is 116 Å². The van der Waals surface area contributed by atoms with Crippen molar-refractivity contribution in [1.29, 1.82) is 0 Å². The predicted molar refractivity (Wildman–Crippen MR) is 218 cm³/mol. The average Bonchev–Trinajstić information content (AvgIpc) is 3.67. The monoisotopic (exact) mass is 829 g/mol. The van der Waals surface area contributed by atoms with Crippen LogP contribution >= 0.6 is 0 Å². The molecule has 0 aliphatic carbocycles. The summed E-state index contributed by atoms with van der Waals surface area (Å²) in [6.45, 7) is 8.76. The van der Waals surface area contributed by atoms with E-state index in [0.29, 0.717) is 50.0 Å². The Kier molecular flexibility index (Phi) is 20.7. The molecule has 1 heterocycles. The summed E-state index contributed by atoms with van der Waals surface area (Å²) in [7, 11) is -4.22. The zero-order chi connectivity index (χ0) is 42.5. The molecule has 2 aromatic rings. The van der Waals surface area contributed by atoms with Gasteiger partial charge in [-0.15, -0.1) is 0 Å². The summed E-state index contributed by atoms with van der Waals surface area (Å²) in [5.41, 5.74) is 1.40. The number of hydrogen-bond acceptors (Lipinski definition) is 10. The molecule has 3 atom stereocenters. The van der Waals surface area contributed by atoms with Gasteiger partial charge in [0.05, 0.1) is 6.54 Å². The number of nitrogens with one attached hydrogen (secondary N) is 4.